The van der Waals surface area contributed by atoms with Crippen LogP contribution in [0.5, 0.6) is 0 Å². The predicted molar refractivity (Wildman–Crippen MR) is 47.3 cm³/mol. The van der Waals surface area contributed by atoms with Crippen molar-refractivity contribution < 1.29 is 0 Å². The van der Waals surface area contributed by atoms with Gasteiger partial charge in [0.1, 0.15) is 0 Å². The minimum Gasteiger partial charge on any atom is -0.325 e. The summed E-state index contributed by atoms with van der Waals surface area (Å²) in [4.78, 5) is 0. The first-order valence-corrected chi connectivity index (χ1v) is 4.70. The van der Waals surface area contributed by atoms with Crippen molar-refractivity contribution in [3.8, 4) is 0 Å². The van der Waals surface area contributed by atoms with Crippen LogP contribution >= 0.6 is 0 Å². The maximum atomic E-state index is 6.27. The van der Waals surface area contributed by atoms with Gasteiger partial charge in [-0.05, 0) is 36.5 Å². The standard InChI is InChI=1S/C10H19N/c1-8(2,3)9(4-5-9)10(11)6-7-10/h4-7,11H2,1-3H3. The molecule has 2 aliphatic carbocycles. The number of nitrogens with two attached hydrogens (primary N) is 1. The molecule has 0 aromatic carbocycles. The van der Waals surface area contributed by atoms with Crippen molar-refractivity contribution in [1.29, 1.82) is 0 Å². The molecule has 0 heterocycles. The first-order valence-electron chi connectivity index (χ1n) is 4.70. The molecule has 1 heteroatoms. The van der Waals surface area contributed by atoms with Crippen LogP contribution in [0.2, 0.25) is 0 Å². The molecule has 0 aromatic heterocycles. The Morgan fingerprint density at radius 1 is 1.00 bits per heavy atom. The normalized spacial score (nSPS) is 31.6. The molecular formula is C10H19N. The van der Waals surface area contributed by atoms with Gasteiger partial charge in [-0.25, -0.2) is 0 Å². The highest BCUT2D eigenvalue weighted by Crippen LogP contribution is 2.70. The zero-order chi connectivity index (χ0) is 8.33. The molecule has 0 aromatic rings. The third-order valence-corrected chi connectivity index (χ3v) is 3.93. The lowest BCUT2D eigenvalue weighted by Gasteiger charge is -2.36. The zero-order valence-corrected chi connectivity index (χ0v) is 7.91. The van der Waals surface area contributed by atoms with E-state index in [0.29, 0.717) is 10.8 Å². The number of hydrogen-bond donors (Lipinski definition) is 1. The predicted octanol–water partition coefficient (Wildman–Crippen LogP) is 2.30. The Morgan fingerprint density at radius 2 is 1.45 bits per heavy atom. The second-order valence-corrected chi connectivity index (χ2v) is 5.49. The quantitative estimate of drug-likeness (QED) is 0.614. The van der Waals surface area contributed by atoms with Crippen LogP contribution < -0.4 is 5.73 Å². The Kier molecular flexibility index (Phi) is 1.15. The Balaban J connectivity index is 2.23. The minimum absolute atomic E-state index is 0.241. The zero-order valence-electron chi connectivity index (χ0n) is 7.91. The van der Waals surface area contributed by atoms with Gasteiger partial charge in [0.2, 0.25) is 0 Å². The van der Waals surface area contributed by atoms with E-state index >= 15 is 0 Å². The summed E-state index contributed by atoms with van der Waals surface area (Å²) in [7, 11) is 0. The van der Waals surface area contributed by atoms with E-state index in [-0.39, 0.29) is 5.54 Å². The van der Waals surface area contributed by atoms with Gasteiger partial charge in [-0.1, -0.05) is 20.8 Å². The van der Waals surface area contributed by atoms with E-state index in [9.17, 15) is 0 Å². The fourth-order valence-electron chi connectivity index (χ4n) is 2.73. The number of hydrogen-bond acceptors (Lipinski definition) is 1. The lowest BCUT2D eigenvalue weighted by molar-refractivity contribution is 0.161. The van der Waals surface area contributed by atoms with Crippen LogP contribution in [0.25, 0.3) is 0 Å². The van der Waals surface area contributed by atoms with E-state index in [4.69, 9.17) is 5.73 Å². The summed E-state index contributed by atoms with van der Waals surface area (Å²) < 4.78 is 0. The van der Waals surface area contributed by atoms with Crippen LogP contribution in [-0.4, -0.2) is 5.54 Å². The van der Waals surface area contributed by atoms with Crippen molar-refractivity contribution in [2.45, 2.75) is 52.0 Å². The van der Waals surface area contributed by atoms with Gasteiger partial charge in [-0.3, -0.25) is 0 Å². The van der Waals surface area contributed by atoms with Gasteiger partial charge in [-0.2, -0.15) is 0 Å². The second-order valence-electron chi connectivity index (χ2n) is 5.49. The summed E-state index contributed by atoms with van der Waals surface area (Å²) in [6, 6.07) is 0. The SMILES string of the molecule is CC(C)(C)C1(C2(N)CC2)CC1. The van der Waals surface area contributed by atoms with Crippen LogP contribution in [0.15, 0.2) is 0 Å². The Bertz CT molecular complexity index is 172. The first-order chi connectivity index (χ1) is 4.91. The molecule has 0 atom stereocenters. The molecule has 11 heavy (non-hydrogen) atoms. The fourth-order valence-corrected chi connectivity index (χ4v) is 2.73. The molecule has 1 nitrogen and oxygen atoms in total. The Morgan fingerprint density at radius 3 is 1.55 bits per heavy atom. The third-order valence-electron chi connectivity index (χ3n) is 3.93. The summed E-state index contributed by atoms with van der Waals surface area (Å²) in [5.41, 5.74) is 7.46. The van der Waals surface area contributed by atoms with E-state index in [1.807, 2.05) is 0 Å². The maximum Gasteiger partial charge on any atom is 0.0217 e. The molecule has 2 rings (SSSR count). The third kappa shape index (κ3) is 0.807. The summed E-state index contributed by atoms with van der Waals surface area (Å²) in [6.45, 7) is 7.02. The Hall–Kier alpha value is -0.0400. The second kappa shape index (κ2) is 1.66. The molecule has 0 unspecified atom stereocenters. The van der Waals surface area contributed by atoms with Crippen LogP contribution in [0, 0.1) is 10.8 Å². The highest BCUT2D eigenvalue weighted by atomic mass is 14.9. The van der Waals surface area contributed by atoms with Gasteiger partial charge in [0.15, 0.2) is 0 Å². The summed E-state index contributed by atoms with van der Waals surface area (Å²) >= 11 is 0. The lowest BCUT2D eigenvalue weighted by atomic mass is 9.71. The maximum absolute atomic E-state index is 6.27. The molecule has 0 amide bonds. The van der Waals surface area contributed by atoms with Crippen LogP contribution in [0.4, 0.5) is 0 Å². The van der Waals surface area contributed by atoms with E-state index in [1.54, 1.807) is 0 Å². The molecule has 2 saturated carbocycles. The van der Waals surface area contributed by atoms with Crippen molar-refractivity contribution >= 4 is 0 Å². The van der Waals surface area contributed by atoms with Gasteiger partial charge in [-0.15, -0.1) is 0 Å². The van der Waals surface area contributed by atoms with Crippen molar-refractivity contribution in [3.63, 3.8) is 0 Å². The van der Waals surface area contributed by atoms with Crippen molar-refractivity contribution in [2.24, 2.45) is 16.6 Å². The summed E-state index contributed by atoms with van der Waals surface area (Å²) in [5, 5.41) is 0. The average Bonchev–Trinajstić information content (AvgIpc) is 2.49. The van der Waals surface area contributed by atoms with Crippen LogP contribution in [0.1, 0.15) is 46.5 Å². The topological polar surface area (TPSA) is 26.0 Å². The van der Waals surface area contributed by atoms with Gasteiger partial charge in [0.05, 0.1) is 0 Å². The van der Waals surface area contributed by atoms with Gasteiger partial charge >= 0.3 is 0 Å². The molecule has 2 N–H and O–H groups in total. The van der Waals surface area contributed by atoms with E-state index in [2.05, 4.69) is 20.8 Å². The van der Waals surface area contributed by atoms with Gasteiger partial charge in [0.25, 0.3) is 0 Å². The molecule has 0 aliphatic heterocycles. The lowest BCUT2D eigenvalue weighted by Crippen LogP contribution is -2.42. The van der Waals surface area contributed by atoms with Crippen molar-refractivity contribution in [3.05, 3.63) is 0 Å². The molecular weight excluding hydrogens is 134 g/mol. The molecule has 0 spiro atoms. The first kappa shape index (κ1) is 7.60. The van der Waals surface area contributed by atoms with Crippen molar-refractivity contribution in [1.82, 2.24) is 0 Å². The average molecular weight is 153 g/mol. The van der Waals surface area contributed by atoms with E-state index in [0.717, 1.165) is 0 Å². The largest absolute Gasteiger partial charge is 0.325 e. The van der Waals surface area contributed by atoms with Gasteiger partial charge in [0, 0.05) is 5.54 Å². The number of rotatable bonds is 1. The molecule has 0 saturated heterocycles. The molecule has 64 valence electrons. The van der Waals surface area contributed by atoms with E-state index in [1.165, 1.54) is 25.7 Å². The molecule has 2 aliphatic rings. The van der Waals surface area contributed by atoms with E-state index < -0.39 is 0 Å². The molecule has 2 fully saturated rings. The summed E-state index contributed by atoms with van der Waals surface area (Å²) in [5.74, 6) is 0. The molecule has 0 bridgehead atoms. The van der Waals surface area contributed by atoms with Gasteiger partial charge < -0.3 is 5.73 Å². The molecule has 0 radical (unpaired) electrons. The monoisotopic (exact) mass is 153 g/mol. The smallest absolute Gasteiger partial charge is 0.0217 e. The van der Waals surface area contributed by atoms with Crippen LogP contribution in [-0.2, 0) is 0 Å². The fraction of sp³-hybridized carbons (Fsp3) is 1.00. The van der Waals surface area contributed by atoms with Crippen LogP contribution in [0.3, 0.4) is 0 Å². The highest BCUT2D eigenvalue weighted by molar-refractivity contribution is 5.22. The minimum atomic E-state index is 0.241. The Labute approximate surface area is 69.4 Å². The summed E-state index contributed by atoms with van der Waals surface area (Å²) in [6.07, 6.45) is 5.27. The highest BCUT2D eigenvalue weighted by Gasteiger charge is 2.67. The van der Waals surface area contributed by atoms with Crippen molar-refractivity contribution in [2.75, 3.05) is 0 Å².